The predicted octanol–water partition coefficient (Wildman–Crippen LogP) is 6.02. The van der Waals surface area contributed by atoms with E-state index in [1.807, 2.05) is 60.0 Å². The SMILES string of the molecule is CC(=O)c1cccc(Nc2nc(-c3cc4c(ccc5ccccc54)oc3=O)cs2)c1. The number of benzene rings is 3. The van der Waals surface area contributed by atoms with Gasteiger partial charge in [-0.3, -0.25) is 4.79 Å². The number of Topliss-reactive ketones (excluding diaryl/α,β-unsaturated/α-hetero) is 1. The molecule has 1 N–H and O–H groups in total. The molecule has 0 unspecified atom stereocenters. The first-order valence-electron chi connectivity index (χ1n) is 9.38. The van der Waals surface area contributed by atoms with Crippen LogP contribution in [0.3, 0.4) is 0 Å². The third kappa shape index (κ3) is 3.27. The highest BCUT2D eigenvalue weighted by Gasteiger charge is 2.13. The molecule has 0 aliphatic carbocycles. The van der Waals surface area contributed by atoms with Gasteiger partial charge in [-0.2, -0.15) is 0 Å². The molecule has 0 aliphatic heterocycles. The lowest BCUT2D eigenvalue weighted by atomic mass is 10.0. The van der Waals surface area contributed by atoms with Gasteiger partial charge in [0.2, 0.25) is 0 Å². The number of hydrogen-bond acceptors (Lipinski definition) is 6. The highest BCUT2D eigenvalue weighted by molar-refractivity contribution is 7.14. The number of carbonyl (C=O) groups is 1. The van der Waals surface area contributed by atoms with Gasteiger partial charge in [0.25, 0.3) is 0 Å². The van der Waals surface area contributed by atoms with Crippen molar-refractivity contribution in [1.29, 1.82) is 0 Å². The lowest BCUT2D eigenvalue weighted by Crippen LogP contribution is -2.03. The summed E-state index contributed by atoms with van der Waals surface area (Å²) in [5.41, 5.74) is 2.48. The van der Waals surface area contributed by atoms with Crippen molar-refractivity contribution in [3.63, 3.8) is 0 Å². The summed E-state index contributed by atoms with van der Waals surface area (Å²) in [5, 5.41) is 8.62. The Morgan fingerprint density at radius 2 is 1.87 bits per heavy atom. The molecule has 5 rings (SSSR count). The lowest BCUT2D eigenvalue weighted by molar-refractivity contribution is 0.101. The van der Waals surface area contributed by atoms with Gasteiger partial charge in [-0.05, 0) is 42.0 Å². The molecule has 5 nitrogen and oxygen atoms in total. The van der Waals surface area contributed by atoms with Crippen molar-refractivity contribution in [2.24, 2.45) is 0 Å². The minimum atomic E-state index is -0.423. The van der Waals surface area contributed by atoms with E-state index in [1.165, 1.54) is 18.3 Å². The van der Waals surface area contributed by atoms with E-state index in [4.69, 9.17) is 4.42 Å². The average Bonchev–Trinajstić information content (AvgIpc) is 3.21. The molecule has 0 atom stereocenters. The van der Waals surface area contributed by atoms with E-state index >= 15 is 0 Å². The van der Waals surface area contributed by atoms with Crippen molar-refractivity contribution < 1.29 is 9.21 Å². The summed E-state index contributed by atoms with van der Waals surface area (Å²) in [4.78, 5) is 28.7. The van der Waals surface area contributed by atoms with Crippen molar-refractivity contribution in [3.8, 4) is 11.3 Å². The highest BCUT2D eigenvalue weighted by atomic mass is 32.1. The Balaban J connectivity index is 1.55. The van der Waals surface area contributed by atoms with Crippen LogP contribution in [0.5, 0.6) is 0 Å². The summed E-state index contributed by atoms with van der Waals surface area (Å²) in [5.74, 6) is -0.000485. The van der Waals surface area contributed by atoms with Crippen LogP contribution >= 0.6 is 11.3 Å². The van der Waals surface area contributed by atoms with E-state index in [2.05, 4.69) is 10.3 Å². The van der Waals surface area contributed by atoms with Crippen LogP contribution in [0.25, 0.3) is 33.0 Å². The van der Waals surface area contributed by atoms with Gasteiger partial charge < -0.3 is 9.73 Å². The van der Waals surface area contributed by atoms with Gasteiger partial charge in [-0.15, -0.1) is 11.3 Å². The maximum Gasteiger partial charge on any atom is 0.345 e. The molecule has 0 spiro atoms. The Bertz CT molecular complexity index is 1480. The Labute approximate surface area is 175 Å². The van der Waals surface area contributed by atoms with Crippen LogP contribution in [0.1, 0.15) is 17.3 Å². The molecule has 2 heterocycles. The number of nitrogens with zero attached hydrogens (tertiary/aromatic N) is 1. The van der Waals surface area contributed by atoms with E-state index in [9.17, 15) is 9.59 Å². The molecule has 0 aliphatic rings. The molecule has 2 aromatic heterocycles. The van der Waals surface area contributed by atoms with Gasteiger partial charge in [0.05, 0.1) is 11.3 Å². The first kappa shape index (κ1) is 18.3. The molecule has 0 saturated carbocycles. The van der Waals surface area contributed by atoms with E-state index in [1.54, 1.807) is 12.1 Å². The van der Waals surface area contributed by atoms with E-state index < -0.39 is 5.63 Å². The quantitative estimate of drug-likeness (QED) is 0.222. The van der Waals surface area contributed by atoms with E-state index in [0.29, 0.717) is 27.5 Å². The topological polar surface area (TPSA) is 72.2 Å². The minimum Gasteiger partial charge on any atom is -0.422 e. The van der Waals surface area contributed by atoms with Crippen molar-refractivity contribution >= 4 is 49.7 Å². The molecule has 0 fully saturated rings. The number of anilines is 2. The standard InChI is InChI=1S/C24H16N2O3S/c1-14(27)16-6-4-7-17(11-16)25-24-26-21(13-30-24)20-12-19-18-8-3-2-5-15(18)9-10-22(19)29-23(20)28/h2-13H,1H3,(H,25,26). The first-order valence-corrected chi connectivity index (χ1v) is 10.3. The van der Waals surface area contributed by atoms with Crippen LogP contribution in [-0.4, -0.2) is 10.8 Å². The van der Waals surface area contributed by atoms with Gasteiger partial charge in [0.15, 0.2) is 10.9 Å². The number of fused-ring (bicyclic) bond motifs is 3. The molecular weight excluding hydrogens is 396 g/mol. The van der Waals surface area contributed by atoms with Crippen molar-refractivity contribution in [1.82, 2.24) is 4.98 Å². The summed E-state index contributed by atoms with van der Waals surface area (Å²) < 4.78 is 5.58. The summed E-state index contributed by atoms with van der Waals surface area (Å²) in [6, 6.07) is 20.8. The van der Waals surface area contributed by atoms with Gasteiger partial charge >= 0.3 is 5.63 Å². The third-order valence-corrected chi connectivity index (χ3v) is 5.70. The van der Waals surface area contributed by atoms with Crippen molar-refractivity contribution in [3.05, 3.63) is 88.1 Å². The maximum absolute atomic E-state index is 12.6. The highest BCUT2D eigenvalue weighted by Crippen LogP contribution is 2.30. The smallest absolute Gasteiger partial charge is 0.345 e. The summed E-state index contributed by atoms with van der Waals surface area (Å²) >= 11 is 1.38. The zero-order chi connectivity index (χ0) is 20.7. The van der Waals surface area contributed by atoms with Crippen LogP contribution in [-0.2, 0) is 0 Å². The van der Waals surface area contributed by atoms with Crippen LogP contribution in [0.15, 0.2) is 81.3 Å². The Morgan fingerprint density at radius 3 is 2.73 bits per heavy atom. The van der Waals surface area contributed by atoms with Crippen molar-refractivity contribution in [2.45, 2.75) is 6.92 Å². The molecular formula is C24H16N2O3S. The average molecular weight is 412 g/mol. The Hall–Kier alpha value is -3.77. The Kier molecular flexibility index (Phi) is 4.41. The fourth-order valence-corrected chi connectivity index (χ4v) is 4.18. The molecule has 0 radical (unpaired) electrons. The van der Waals surface area contributed by atoms with Gasteiger partial charge in [-0.25, -0.2) is 9.78 Å². The normalized spacial score (nSPS) is 11.1. The molecule has 5 aromatic rings. The van der Waals surface area contributed by atoms with Crippen LogP contribution < -0.4 is 10.9 Å². The first-order chi connectivity index (χ1) is 14.6. The van der Waals surface area contributed by atoms with Gasteiger partial charge in [0, 0.05) is 22.0 Å². The largest absolute Gasteiger partial charge is 0.422 e. The zero-order valence-electron chi connectivity index (χ0n) is 16.0. The fourth-order valence-electron chi connectivity index (χ4n) is 3.44. The van der Waals surface area contributed by atoms with Gasteiger partial charge in [0.1, 0.15) is 5.58 Å². The lowest BCUT2D eigenvalue weighted by Gasteiger charge is -2.05. The molecule has 6 heteroatoms. The number of hydrogen-bond donors (Lipinski definition) is 1. The summed E-state index contributed by atoms with van der Waals surface area (Å²) in [6.07, 6.45) is 0. The monoisotopic (exact) mass is 412 g/mol. The second kappa shape index (κ2) is 7.24. The van der Waals surface area contributed by atoms with Gasteiger partial charge in [-0.1, -0.05) is 42.5 Å². The van der Waals surface area contributed by atoms with Crippen LogP contribution in [0.4, 0.5) is 10.8 Å². The second-order valence-corrected chi connectivity index (χ2v) is 7.80. The predicted molar refractivity (Wildman–Crippen MR) is 121 cm³/mol. The number of rotatable bonds is 4. The molecule has 0 saturated heterocycles. The van der Waals surface area contributed by atoms with Crippen LogP contribution in [0, 0.1) is 0 Å². The molecule has 0 bridgehead atoms. The Morgan fingerprint density at radius 1 is 1.00 bits per heavy atom. The summed E-state index contributed by atoms with van der Waals surface area (Å²) in [7, 11) is 0. The minimum absolute atomic E-state index is 0.000485. The molecule has 30 heavy (non-hydrogen) atoms. The van der Waals surface area contributed by atoms with Crippen molar-refractivity contribution in [2.75, 3.05) is 5.32 Å². The number of carbonyl (C=O) groups excluding carboxylic acids is 1. The maximum atomic E-state index is 12.6. The number of thiazole rings is 1. The number of ketones is 1. The summed E-state index contributed by atoms with van der Waals surface area (Å²) in [6.45, 7) is 1.53. The van der Waals surface area contributed by atoms with E-state index in [-0.39, 0.29) is 5.78 Å². The number of aromatic nitrogens is 1. The molecule has 0 amide bonds. The zero-order valence-corrected chi connectivity index (χ0v) is 16.8. The fraction of sp³-hybridized carbons (Fsp3) is 0.0417. The molecule has 3 aromatic carbocycles. The second-order valence-electron chi connectivity index (χ2n) is 6.95. The molecule has 146 valence electrons. The van der Waals surface area contributed by atoms with E-state index in [0.717, 1.165) is 21.8 Å². The number of nitrogens with one attached hydrogen (secondary N) is 1. The van der Waals surface area contributed by atoms with Crippen LogP contribution in [0.2, 0.25) is 0 Å². The third-order valence-electron chi connectivity index (χ3n) is 4.94.